The molecular formula is C15H23FN2O2. The molecule has 1 aromatic rings. The fourth-order valence-corrected chi connectivity index (χ4v) is 2.11. The summed E-state index contributed by atoms with van der Waals surface area (Å²) in [6.07, 6.45) is 1.47. The van der Waals surface area contributed by atoms with Crippen LogP contribution in [0.2, 0.25) is 0 Å². The fraction of sp³-hybridized carbons (Fsp3) is 0.533. The van der Waals surface area contributed by atoms with Crippen LogP contribution in [-0.4, -0.2) is 24.2 Å². The van der Waals surface area contributed by atoms with Gasteiger partial charge < -0.3 is 16.2 Å². The van der Waals surface area contributed by atoms with E-state index in [4.69, 9.17) is 5.73 Å². The summed E-state index contributed by atoms with van der Waals surface area (Å²) in [6.45, 7) is 5.77. The first-order valence-corrected chi connectivity index (χ1v) is 6.83. The van der Waals surface area contributed by atoms with Crippen molar-refractivity contribution in [1.29, 1.82) is 0 Å². The van der Waals surface area contributed by atoms with E-state index in [2.05, 4.69) is 5.32 Å². The Morgan fingerprint density at radius 2 is 2.00 bits per heavy atom. The predicted octanol–water partition coefficient (Wildman–Crippen LogP) is 2.24. The van der Waals surface area contributed by atoms with Crippen molar-refractivity contribution in [1.82, 2.24) is 5.32 Å². The maximum Gasteiger partial charge on any atom is 0.254 e. The summed E-state index contributed by atoms with van der Waals surface area (Å²) in [5, 5.41) is 12.2. The number of aliphatic hydroxyl groups is 1. The molecule has 0 bridgehead atoms. The first kappa shape index (κ1) is 16.4. The molecule has 0 saturated carbocycles. The van der Waals surface area contributed by atoms with E-state index in [1.54, 1.807) is 6.92 Å². The summed E-state index contributed by atoms with van der Waals surface area (Å²) in [7, 11) is 0. The lowest BCUT2D eigenvalue weighted by molar-refractivity contribution is 0.0847. The van der Waals surface area contributed by atoms with E-state index in [0.717, 1.165) is 12.8 Å². The zero-order valence-electron chi connectivity index (χ0n) is 12.3. The highest BCUT2D eigenvalue weighted by atomic mass is 19.1. The Morgan fingerprint density at radius 3 is 2.50 bits per heavy atom. The normalized spacial score (nSPS) is 11.4. The molecule has 4 N–H and O–H groups in total. The fourth-order valence-electron chi connectivity index (χ4n) is 2.11. The van der Waals surface area contributed by atoms with Crippen molar-refractivity contribution in [3.05, 3.63) is 29.1 Å². The molecular weight excluding hydrogens is 259 g/mol. The molecule has 112 valence electrons. The molecule has 0 atom stereocenters. The van der Waals surface area contributed by atoms with Gasteiger partial charge in [0.05, 0.1) is 12.2 Å². The third kappa shape index (κ3) is 3.48. The van der Waals surface area contributed by atoms with Crippen LogP contribution in [0.5, 0.6) is 0 Å². The second kappa shape index (κ2) is 6.70. The van der Waals surface area contributed by atoms with Crippen molar-refractivity contribution in [2.24, 2.45) is 5.41 Å². The molecule has 0 radical (unpaired) electrons. The molecule has 0 aliphatic heterocycles. The number of hydrogen-bond donors (Lipinski definition) is 3. The molecule has 20 heavy (non-hydrogen) atoms. The third-order valence-electron chi connectivity index (χ3n) is 3.98. The Bertz CT molecular complexity index is 477. The number of amides is 1. The van der Waals surface area contributed by atoms with Crippen molar-refractivity contribution in [3.63, 3.8) is 0 Å². The number of benzene rings is 1. The standard InChI is InChI=1S/C15H23FN2O2/c1-4-15(5-2,9-19)8-18-14(20)12-7-11(17)6-10(3)13(12)16/h6-7,19H,4-5,8-9,17H2,1-3H3,(H,18,20). The lowest BCUT2D eigenvalue weighted by Gasteiger charge is -2.29. The first-order chi connectivity index (χ1) is 9.39. The van der Waals surface area contributed by atoms with Gasteiger partial charge in [-0.1, -0.05) is 13.8 Å². The van der Waals surface area contributed by atoms with Gasteiger partial charge in [-0.15, -0.1) is 0 Å². The largest absolute Gasteiger partial charge is 0.399 e. The number of carbonyl (C=O) groups is 1. The molecule has 0 heterocycles. The van der Waals surface area contributed by atoms with E-state index >= 15 is 0 Å². The molecule has 1 aromatic carbocycles. The van der Waals surface area contributed by atoms with Crippen molar-refractivity contribution in [2.75, 3.05) is 18.9 Å². The lowest BCUT2D eigenvalue weighted by atomic mass is 9.83. The molecule has 1 amide bonds. The topological polar surface area (TPSA) is 75.3 Å². The number of carbonyl (C=O) groups excluding carboxylic acids is 1. The van der Waals surface area contributed by atoms with Gasteiger partial charge in [0.1, 0.15) is 5.82 Å². The van der Waals surface area contributed by atoms with Crippen molar-refractivity contribution in [2.45, 2.75) is 33.6 Å². The Labute approximate surface area is 119 Å². The van der Waals surface area contributed by atoms with Crippen LogP contribution in [0.15, 0.2) is 12.1 Å². The molecule has 5 heteroatoms. The van der Waals surface area contributed by atoms with Gasteiger partial charge in [0, 0.05) is 17.6 Å². The summed E-state index contributed by atoms with van der Waals surface area (Å²) in [4.78, 5) is 12.1. The molecule has 0 unspecified atom stereocenters. The summed E-state index contributed by atoms with van der Waals surface area (Å²) in [5.74, 6) is -1.06. The molecule has 4 nitrogen and oxygen atoms in total. The molecule has 0 saturated heterocycles. The average molecular weight is 282 g/mol. The summed E-state index contributed by atoms with van der Waals surface area (Å²) in [6, 6.07) is 2.82. The first-order valence-electron chi connectivity index (χ1n) is 6.83. The molecule has 0 aliphatic rings. The second-order valence-electron chi connectivity index (χ2n) is 5.25. The Hall–Kier alpha value is -1.62. The van der Waals surface area contributed by atoms with E-state index < -0.39 is 11.7 Å². The van der Waals surface area contributed by atoms with Gasteiger partial charge in [0.2, 0.25) is 0 Å². The van der Waals surface area contributed by atoms with Gasteiger partial charge in [-0.2, -0.15) is 0 Å². The minimum atomic E-state index is -0.556. The minimum absolute atomic E-state index is 0.0152. The number of halogens is 1. The predicted molar refractivity (Wildman–Crippen MR) is 78.0 cm³/mol. The highest BCUT2D eigenvalue weighted by Crippen LogP contribution is 2.25. The SMILES string of the molecule is CCC(CC)(CO)CNC(=O)c1cc(N)cc(C)c1F. The van der Waals surface area contributed by atoms with Crippen LogP contribution in [0.25, 0.3) is 0 Å². The highest BCUT2D eigenvalue weighted by Gasteiger charge is 2.26. The van der Waals surface area contributed by atoms with Crippen molar-refractivity contribution < 1.29 is 14.3 Å². The molecule has 0 fully saturated rings. The zero-order chi connectivity index (χ0) is 15.3. The third-order valence-corrected chi connectivity index (χ3v) is 3.98. The number of rotatable bonds is 6. The van der Waals surface area contributed by atoms with Gasteiger partial charge in [0.15, 0.2) is 0 Å². The van der Waals surface area contributed by atoms with Crippen LogP contribution in [0.4, 0.5) is 10.1 Å². The Kier molecular flexibility index (Phi) is 5.51. The maximum atomic E-state index is 13.9. The van der Waals surface area contributed by atoms with Crippen LogP contribution in [0, 0.1) is 18.2 Å². The van der Waals surface area contributed by atoms with E-state index in [-0.39, 0.29) is 17.6 Å². The quantitative estimate of drug-likeness (QED) is 0.700. The van der Waals surface area contributed by atoms with Crippen molar-refractivity contribution >= 4 is 11.6 Å². The Morgan fingerprint density at radius 1 is 1.40 bits per heavy atom. The van der Waals surface area contributed by atoms with E-state index in [0.29, 0.717) is 17.8 Å². The van der Waals surface area contributed by atoms with Crippen LogP contribution in [-0.2, 0) is 0 Å². The number of anilines is 1. The smallest absolute Gasteiger partial charge is 0.254 e. The van der Waals surface area contributed by atoms with Crippen LogP contribution >= 0.6 is 0 Å². The highest BCUT2D eigenvalue weighted by molar-refractivity contribution is 5.95. The summed E-state index contributed by atoms with van der Waals surface area (Å²) >= 11 is 0. The van der Waals surface area contributed by atoms with Crippen LogP contribution in [0.1, 0.15) is 42.6 Å². The van der Waals surface area contributed by atoms with Gasteiger partial charge >= 0.3 is 0 Å². The zero-order valence-corrected chi connectivity index (χ0v) is 12.3. The number of aryl methyl sites for hydroxylation is 1. The monoisotopic (exact) mass is 282 g/mol. The van der Waals surface area contributed by atoms with E-state index in [1.165, 1.54) is 12.1 Å². The van der Waals surface area contributed by atoms with Crippen LogP contribution in [0.3, 0.4) is 0 Å². The van der Waals surface area contributed by atoms with Crippen molar-refractivity contribution in [3.8, 4) is 0 Å². The maximum absolute atomic E-state index is 13.9. The number of nitrogen functional groups attached to an aromatic ring is 1. The second-order valence-corrected chi connectivity index (χ2v) is 5.25. The average Bonchev–Trinajstić information content (AvgIpc) is 2.44. The molecule has 0 aliphatic carbocycles. The van der Waals surface area contributed by atoms with Gasteiger partial charge in [-0.05, 0) is 37.5 Å². The van der Waals surface area contributed by atoms with Gasteiger partial charge in [-0.25, -0.2) is 4.39 Å². The molecule has 1 rings (SSSR count). The number of nitrogens with one attached hydrogen (secondary N) is 1. The summed E-state index contributed by atoms with van der Waals surface area (Å²) in [5.41, 5.74) is 5.92. The summed E-state index contributed by atoms with van der Waals surface area (Å²) < 4.78 is 13.9. The van der Waals surface area contributed by atoms with E-state index in [9.17, 15) is 14.3 Å². The number of nitrogens with two attached hydrogens (primary N) is 1. The number of aliphatic hydroxyl groups excluding tert-OH is 1. The lowest BCUT2D eigenvalue weighted by Crippen LogP contribution is -2.39. The van der Waals surface area contributed by atoms with Gasteiger partial charge in [0.25, 0.3) is 5.91 Å². The van der Waals surface area contributed by atoms with Crippen LogP contribution < -0.4 is 11.1 Å². The molecule has 0 aromatic heterocycles. The van der Waals surface area contributed by atoms with Gasteiger partial charge in [-0.3, -0.25) is 4.79 Å². The van der Waals surface area contributed by atoms with E-state index in [1.807, 2.05) is 13.8 Å². The number of hydrogen-bond acceptors (Lipinski definition) is 3. The Balaban J connectivity index is 2.87. The minimum Gasteiger partial charge on any atom is -0.399 e. The molecule has 0 spiro atoms.